The molecule has 1 rings (SSSR count). The third-order valence-electron chi connectivity index (χ3n) is 2.31. The van der Waals surface area contributed by atoms with Gasteiger partial charge in [0.25, 0.3) is 0 Å². The van der Waals surface area contributed by atoms with Crippen LogP contribution in [0.4, 0.5) is 5.82 Å². The van der Waals surface area contributed by atoms with Gasteiger partial charge in [-0.15, -0.1) is 0 Å². The Balaban J connectivity index is 2.16. The Morgan fingerprint density at radius 2 is 2.12 bits per heavy atom. The maximum atomic E-state index is 5.04. The van der Waals surface area contributed by atoms with Gasteiger partial charge in [-0.1, -0.05) is 0 Å². The summed E-state index contributed by atoms with van der Waals surface area (Å²) < 4.78 is 5.04. The van der Waals surface area contributed by atoms with Gasteiger partial charge in [0.15, 0.2) is 0 Å². The SMILES string of the molecule is COc1ccc(NCCCCN(C)C)nc1. The average Bonchev–Trinajstić information content (AvgIpc) is 2.29. The molecule has 0 atom stereocenters. The predicted octanol–water partition coefficient (Wildman–Crippen LogP) is 1.84. The molecule has 0 aromatic carbocycles. The first-order chi connectivity index (χ1) is 7.72. The van der Waals surface area contributed by atoms with Crippen molar-refractivity contribution in [3.63, 3.8) is 0 Å². The van der Waals surface area contributed by atoms with Gasteiger partial charge in [-0.2, -0.15) is 0 Å². The number of nitrogens with zero attached hydrogens (tertiary/aromatic N) is 2. The number of pyridine rings is 1. The highest BCUT2D eigenvalue weighted by Gasteiger charge is 1.95. The Morgan fingerprint density at radius 3 is 2.69 bits per heavy atom. The number of hydrogen-bond acceptors (Lipinski definition) is 4. The van der Waals surface area contributed by atoms with Gasteiger partial charge in [-0.05, 0) is 45.6 Å². The van der Waals surface area contributed by atoms with Crippen molar-refractivity contribution < 1.29 is 4.74 Å². The first-order valence-electron chi connectivity index (χ1n) is 5.61. The molecule has 0 radical (unpaired) electrons. The fourth-order valence-corrected chi connectivity index (χ4v) is 1.38. The summed E-state index contributed by atoms with van der Waals surface area (Å²) in [5.41, 5.74) is 0. The summed E-state index contributed by atoms with van der Waals surface area (Å²) in [4.78, 5) is 6.44. The molecule has 16 heavy (non-hydrogen) atoms. The molecular weight excluding hydrogens is 202 g/mol. The fraction of sp³-hybridized carbons (Fsp3) is 0.583. The number of ether oxygens (including phenoxy) is 1. The van der Waals surface area contributed by atoms with E-state index in [1.54, 1.807) is 13.3 Å². The minimum Gasteiger partial charge on any atom is -0.495 e. The highest BCUT2D eigenvalue weighted by molar-refractivity contribution is 5.37. The zero-order valence-corrected chi connectivity index (χ0v) is 10.4. The zero-order valence-electron chi connectivity index (χ0n) is 10.4. The monoisotopic (exact) mass is 223 g/mol. The van der Waals surface area contributed by atoms with E-state index in [-0.39, 0.29) is 0 Å². The predicted molar refractivity (Wildman–Crippen MR) is 67.1 cm³/mol. The van der Waals surface area contributed by atoms with Gasteiger partial charge in [-0.25, -0.2) is 4.98 Å². The van der Waals surface area contributed by atoms with Crippen molar-refractivity contribution in [2.45, 2.75) is 12.8 Å². The molecule has 0 saturated heterocycles. The van der Waals surface area contributed by atoms with Gasteiger partial charge in [0.1, 0.15) is 11.6 Å². The molecule has 0 aliphatic heterocycles. The number of nitrogens with one attached hydrogen (secondary N) is 1. The molecule has 0 saturated carbocycles. The molecule has 0 spiro atoms. The standard InChI is InChI=1S/C12H21N3O/c1-15(2)9-5-4-8-13-12-7-6-11(16-3)10-14-12/h6-7,10H,4-5,8-9H2,1-3H3,(H,13,14). The first kappa shape index (κ1) is 12.8. The summed E-state index contributed by atoms with van der Waals surface area (Å²) in [5, 5.41) is 3.28. The number of methoxy groups -OCH3 is 1. The fourth-order valence-electron chi connectivity index (χ4n) is 1.38. The van der Waals surface area contributed by atoms with Gasteiger partial charge in [-0.3, -0.25) is 0 Å². The molecule has 1 N–H and O–H groups in total. The van der Waals surface area contributed by atoms with Crippen molar-refractivity contribution >= 4 is 5.82 Å². The van der Waals surface area contributed by atoms with E-state index in [0.717, 1.165) is 31.1 Å². The van der Waals surface area contributed by atoms with Crippen LogP contribution < -0.4 is 10.1 Å². The van der Waals surface area contributed by atoms with Crippen LogP contribution in [-0.4, -0.2) is 44.2 Å². The summed E-state index contributed by atoms with van der Waals surface area (Å²) in [7, 11) is 5.84. The lowest BCUT2D eigenvalue weighted by Crippen LogP contribution is -2.14. The van der Waals surface area contributed by atoms with Crippen LogP contribution in [-0.2, 0) is 0 Å². The quantitative estimate of drug-likeness (QED) is 0.716. The van der Waals surface area contributed by atoms with Crippen LogP contribution in [0.3, 0.4) is 0 Å². The second kappa shape index (κ2) is 7.06. The summed E-state index contributed by atoms with van der Waals surface area (Å²) in [6.45, 7) is 2.10. The molecule has 4 nitrogen and oxygen atoms in total. The van der Waals surface area contributed by atoms with Crippen molar-refractivity contribution in [2.24, 2.45) is 0 Å². The lowest BCUT2D eigenvalue weighted by atomic mass is 10.3. The molecule has 90 valence electrons. The second-order valence-electron chi connectivity index (χ2n) is 4.02. The molecule has 0 fully saturated rings. The summed E-state index contributed by atoms with van der Waals surface area (Å²) in [6.07, 6.45) is 4.09. The first-order valence-corrected chi connectivity index (χ1v) is 5.61. The number of unbranched alkanes of at least 4 members (excludes halogenated alkanes) is 1. The van der Waals surface area contributed by atoms with Crippen molar-refractivity contribution in [2.75, 3.05) is 39.6 Å². The van der Waals surface area contributed by atoms with E-state index in [0.29, 0.717) is 0 Å². The smallest absolute Gasteiger partial charge is 0.137 e. The molecule has 0 aliphatic rings. The molecule has 1 aromatic heterocycles. The molecule has 0 amide bonds. The average molecular weight is 223 g/mol. The Labute approximate surface area is 97.6 Å². The number of aromatic nitrogens is 1. The van der Waals surface area contributed by atoms with E-state index in [1.807, 2.05) is 12.1 Å². The Morgan fingerprint density at radius 1 is 1.31 bits per heavy atom. The summed E-state index contributed by atoms with van der Waals surface area (Å²) in [6, 6.07) is 3.85. The van der Waals surface area contributed by atoms with Crippen molar-refractivity contribution in [1.29, 1.82) is 0 Å². The summed E-state index contributed by atoms with van der Waals surface area (Å²) >= 11 is 0. The minimum atomic E-state index is 0.790. The van der Waals surface area contributed by atoms with E-state index in [2.05, 4.69) is 29.3 Å². The van der Waals surface area contributed by atoms with Crippen molar-refractivity contribution in [3.05, 3.63) is 18.3 Å². The minimum absolute atomic E-state index is 0.790. The van der Waals surface area contributed by atoms with Gasteiger partial charge < -0.3 is 15.0 Å². The number of rotatable bonds is 7. The zero-order chi connectivity index (χ0) is 11.8. The Hall–Kier alpha value is -1.29. The lowest BCUT2D eigenvalue weighted by Gasteiger charge is -2.09. The Kier molecular flexibility index (Phi) is 5.64. The topological polar surface area (TPSA) is 37.4 Å². The third kappa shape index (κ3) is 4.98. The lowest BCUT2D eigenvalue weighted by molar-refractivity contribution is 0.396. The molecule has 0 aliphatic carbocycles. The molecular formula is C12H21N3O. The van der Waals surface area contributed by atoms with E-state index in [4.69, 9.17) is 4.74 Å². The maximum Gasteiger partial charge on any atom is 0.137 e. The van der Waals surface area contributed by atoms with Crippen LogP contribution in [0.2, 0.25) is 0 Å². The van der Waals surface area contributed by atoms with Gasteiger partial charge in [0.05, 0.1) is 13.3 Å². The van der Waals surface area contributed by atoms with Gasteiger partial charge in [0.2, 0.25) is 0 Å². The second-order valence-corrected chi connectivity index (χ2v) is 4.02. The van der Waals surface area contributed by atoms with Crippen LogP contribution >= 0.6 is 0 Å². The largest absolute Gasteiger partial charge is 0.495 e. The molecule has 0 bridgehead atoms. The number of anilines is 1. The van der Waals surface area contributed by atoms with Crippen LogP contribution in [0.5, 0.6) is 5.75 Å². The molecule has 1 aromatic rings. The van der Waals surface area contributed by atoms with E-state index in [9.17, 15) is 0 Å². The Bertz CT molecular complexity index is 285. The number of hydrogen-bond donors (Lipinski definition) is 1. The van der Waals surface area contributed by atoms with E-state index >= 15 is 0 Å². The van der Waals surface area contributed by atoms with Crippen LogP contribution in [0.25, 0.3) is 0 Å². The van der Waals surface area contributed by atoms with E-state index < -0.39 is 0 Å². The van der Waals surface area contributed by atoms with Crippen LogP contribution in [0, 0.1) is 0 Å². The normalized spacial score (nSPS) is 10.5. The van der Waals surface area contributed by atoms with Crippen LogP contribution in [0.15, 0.2) is 18.3 Å². The maximum absolute atomic E-state index is 5.04. The van der Waals surface area contributed by atoms with Gasteiger partial charge >= 0.3 is 0 Å². The molecule has 4 heteroatoms. The van der Waals surface area contributed by atoms with Gasteiger partial charge in [0, 0.05) is 6.54 Å². The highest BCUT2D eigenvalue weighted by atomic mass is 16.5. The van der Waals surface area contributed by atoms with Crippen molar-refractivity contribution in [3.8, 4) is 5.75 Å². The van der Waals surface area contributed by atoms with Crippen molar-refractivity contribution in [1.82, 2.24) is 9.88 Å². The van der Waals surface area contributed by atoms with Crippen LogP contribution in [0.1, 0.15) is 12.8 Å². The van der Waals surface area contributed by atoms with E-state index in [1.165, 1.54) is 6.42 Å². The summed E-state index contributed by atoms with van der Waals surface area (Å²) in [5.74, 6) is 1.70. The molecule has 0 unspecified atom stereocenters. The molecule has 1 heterocycles. The third-order valence-corrected chi connectivity index (χ3v) is 2.31. The highest BCUT2D eigenvalue weighted by Crippen LogP contribution is 2.10.